The van der Waals surface area contributed by atoms with Gasteiger partial charge in [-0.1, -0.05) is 27.7 Å². The minimum atomic E-state index is -1.33. The van der Waals surface area contributed by atoms with Gasteiger partial charge >= 0.3 is 0 Å². The molecule has 8 heteroatoms. The minimum absolute atomic E-state index is 0.170. The highest BCUT2D eigenvalue weighted by atomic mass is 16.3. The lowest BCUT2D eigenvalue weighted by molar-refractivity contribution is -0.147. The summed E-state index contributed by atoms with van der Waals surface area (Å²) in [5.74, 6) is -0.547. The second-order valence-electron chi connectivity index (χ2n) is 8.85. The predicted octanol–water partition coefficient (Wildman–Crippen LogP) is 0.331. The molecule has 28 heavy (non-hydrogen) atoms. The van der Waals surface area contributed by atoms with Crippen LogP contribution >= 0.6 is 0 Å². The highest BCUT2D eigenvalue weighted by molar-refractivity contribution is 5.93. The number of nitrogens with one attached hydrogen (secondary N) is 1. The van der Waals surface area contributed by atoms with Crippen LogP contribution in [0.25, 0.3) is 0 Å². The lowest BCUT2D eigenvalue weighted by Crippen LogP contribution is -2.56. The Labute approximate surface area is 168 Å². The van der Waals surface area contributed by atoms with E-state index in [0.29, 0.717) is 32.2 Å². The molecule has 1 aliphatic heterocycles. The Morgan fingerprint density at radius 1 is 1.14 bits per heavy atom. The van der Waals surface area contributed by atoms with Crippen molar-refractivity contribution in [1.29, 1.82) is 0 Å². The molecule has 1 saturated heterocycles. The maximum absolute atomic E-state index is 12.9. The predicted molar refractivity (Wildman–Crippen MR) is 108 cm³/mol. The molecule has 0 aromatic heterocycles. The van der Waals surface area contributed by atoms with Crippen molar-refractivity contribution in [2.75, 3.05) is 20.6 Å². The Morgan fingerprint density at radius 3 is 2.21 bits per heavy atom. The number of likely N-dealkylation sites (tertiary alicyclic amines) is 1. The molecule has 4 N–H and O–H groups in total. The maximum Gasteiger partial charge on any atom is 0.253 e. The summed E-state index contributed by atoms with van der Waals surface area (Å²) in [4.78, 5) is 40.9. The van der Waals surface area contributed by atoms with Gasteiger partial charge in [0.1, 0.15) is 18.2 Å². The summed E-state index contributed by atoms with van der Waals surface area (Å²) in [6.07, 6.45) is 0.892. The number of rotatable bonds is 9. The molecule has 0 aromatic rings. The van der Waals surface area contributed by atoms with Gasteiger partial charge in [-0.3, -0.25) is 14.4 Å². The fourth-order valence-electron chi connectivity index (χ4n) is 3.60. The zero-order valence-electron chi connectivity index (χ0n) is 18.1. The summed E-state index contributed by atoms with van der Waals surface area (Å²) in [6.45, 7) is 8.32. The number of likely N-dealkylation sites (N-methyl/N-ethyl adjacent to an activating group) is 1. The van der Waals surface area contributed by atoms with Gasteiger partial charge in [-0.15, -0.1) is 0 Å². The molecule has 0 unspecified atom stereocenters. The van der Waals surface area contributed by atoms with Gasteiger partial charge in [0.25, 0.3) is 5.91 Å². The second kappa shape index (κ2) is 10.8. The van der Waals surface area contributed by atoms with Gasteiger partial charge in [0.2, 0.25) is 11.8 Å². The lowest BCUT2D eigenvalue weighted by Gasteiger charge is -2.30. The molecule has 0 radical (unpaired) electrons. The van der Waals surface area contributed by atoms with E-state index in [1.165, 1.54) is 9.80 Å². The second-order valence-corrected chi connectivity index (χ2v) is 8.85. The highest BCUT2D eigenvalue weighted by Gasteiger charge is 2.39. The third kappa shape index (κ3) is 6.74. The van der Waals surface area contributed by atoms with Crippen molar-refractivity contribution in [3.05, 3.63) is 0 Å². The first-order valence-electron chi connectivity index (χ1n) is 10.2. The van der Waals surface area contributed by atoms with Gasteiger partial charge in [-0.2, -0.15) is 0 Å². The number of carbonyl (C=O) groups is 3. The largest absolute Gasteiger partial charge is 0.382 e. The van der Waals surface area contributed by atoms with Crippen LogP contribution in [0.4, 0.5) is 0 Å². The fraction of sp³-hybridized carbons (Fsp3) is 0.850. The van der Waals surface area contributed by atoms with Crippen LogP contribution in [0.2, 0.25) is 0 Å². The smallest absolute Gasteiger partial charge is 0.253 e. The molecule has 0 aromatic carbocycles. The molecule has 1 rings (SSSR count). The number of nitrogens with two attached hydrogens (primary N) is 1. The van der Waals surface area contributed by atoms with E-state index in [4.69, 9.17) is 5.73 Å². The van der Waals surface area contributed by atoms with Crippen molar-refractivity contribution in [2.24, 2.45) is 17.6 Å². The molecule has 1 fully saturated rings. The van der Waals surface area contributed by atoms with Crippen molar-refractivity contribution >= 4 is 17.7 Å². The third-order valence-electron chi connectivity index (χ3n) is 5.00. The Morgan fingerprint density at radius 2 is 1.71 bits per heavy atom. The lowest BCUT2D eigenvalue weighted by atomic mass is 9.99. The molecule has 3 amide bonds. The molecule has 4 atom stereocenters. The average molecular weight is 399 g/mol. The van der Waals surface area contributed by atoms with Crippen LogP contribution in [0.1, 0.15) is 53.4 Å². The topological polar surface area (TPSA) is 116 Å². The molecule has 162 valence electrons. The highest BCUT2D eigenvalue weighted by Crippen LogP contribution is 2.21. The van der Waals surface area contributed by atoms with E-state index in [1.807, 2.05) is 27.7 Å². The van der Waals surface area contributed by atoms with Crippen LogP contribution in [-0.4, -0.2) is 77.5 Å². The van der Waals surface area contributed by atoms with Crippen LogP contribution in [0.3, 0.4) is 0 Å². The third-order valence-corrected chi connectivity index (χ3v) is 5.00. The zero-order chi connectivity index (χ0) is 21.6. The first-order valence-corrected chi connectivity index (χ1v) is 10.2. The summed E-state index contributed by atoms with van der Waals surface area (Å²) < 4.78 is 0. The van der Waals surface area contributed by atoms with Crippen LogP contribution < -0.4 is 11.1 Å². The van der Waals surface area contributed by atoms with Gasteiger partial charge in [0, 0.05) is 26.7 Å². The van der Waals surface area contributed by atoms with Crippen molar-refractivity contribution in [3.8, 4) is 0 Å². The first-order chi connectivity index (χ1) is 13.0. The van der Waals surface area contributed by atoms with Crippen LogP contribution in [-0.2, 0) is 14.4 Å². The number of carbonyl (C=O) groups excluding carboxylic acids is 3. The zero-order valence-corrected chi connectivity index (χ0v) is 18.1. The van der Waals surface area contributed by atoms with E-state index >= 15 is 0 Å². The fourth-order valence-corrected chi connectivity index (χ4v) is 3.60. The number of amides is 3. The summed E-state index contributed by atoms with van der Waals surface area (Å²) in [6, 6.07) is -1.98. The van der Waals surface area contributed by atoms with Crippen LogP contribution in [0.15, 0.2) is 0 Å². The van der Waals surface area contributed by atoms with E-state index in [2.05, 4.69) is 5.32 Å². The van der Waals surface area contributed by atoms with Crippen molar-refractivity contribution in [3.63, 3.8) is 0 Å². The quantitative estimate of drug-likeness (QED) is 0.518. The molecule has 1 heterocycles. The SMILES string of the molecule is CC(C)C[C@H](NC(=O)[C@@H]1CCCN1C(=O)[C@@H](O)[C@H](N)CC(C)C)C(=O)N(C)C. The Kier molecular flexibility index (Phi) is 9.36. The van der Waals surface area contributed by atoms with E-state index in [9.17, 15) is 19.5 Å². The van der Waals surface area contributed by atoms with E-state index < -0.39 is 30.1 Å². The summed E-state index contributed by atoms with van der Waals surface area (Å²) in [5, 5.41) is 13.2. The van der Waals surface area contributed by atoms with E-state index in [-0.39, 0.29) is 23.7 Å². The Bertz CT molecular complexity index is 550. The van der Waals surface area contributed by atoms with Gasteiger partial charge in [0.05, 0.1) is 0 Å². The van der Waals surface area contributed by atoms with E-state index in [1.54, 1.807) is 14.1 Å². The summed E-state index contributed by atoms with van der Waals surface area (Å²) in [5.41, 5.74) is 5.97. The van der Waals surface area contributed by atoms with Gasteiger partial charge in [-0.05, 0) is 37.5 Å². The van der Waals surface area contributed by atoms with Crippen molar-refractivity contribution < 1.29 is 19.5 Å². The molecule has 0 aliphatic carbocycles. The van der Waals surface area contributed by atoms with Gasteiger partial charge in [-0.25, -0.2) is 0 Å². The van der Waals surface area contributed by atoms with E-state index in [0.717, 1.165) is 0 Å². The molecule has 8 nitrogen and oxygen atoms in total. The standard InChI is InChI=1S/C20H38N4O4/c1-12(2)10-14(21)17(25)20(28)24-9-7-8-16(24)18(26)22-15(11-13(3)4)19(27)23(5)6/h12-17,25H,7-11,21H2,1-6H3,(H,22,26)/t14-,15+,16+,17+/m1/s1. The average Bonchev–Trinajstić information content (AvgIpc) is 3.07. The first kappa shape index (κ1) is 24.4. The molecular formula is C20H38N4O4. The number of hydrogen-bond acceptors (Lipinski definition) is 5. The van der Waals surface area contributed by atoms with Gasteiger partial charge < -0.3 is 26.0 Å². The van der Waals surface area contributed by atoms with Gasteiger partial charge in [0.15, 0.2) is 0 Å². The molecule has 0 saturated carbocycles. The number of nitrogens with zero attached hydrogens (tertiary/aromatic N) is 2. The molecular weight excluding hydrogens is 360 g/mol. The normalized spacial score (nSPS) is 20.2. The number of aliphatic hydroxyl groups excluding tert-OH is 1. The Balaban J connectivity index is 2.85. The summed E-state index contributed by atoms with van der Waals surface area (Å²) in [7, 11) is 3.30. The van der Waals surface area contributed by atoms with Crippen LogP contribution in [0.5, 0.6) is 0 Å². The number of hydrogen-bond donors (Lipinski definition) is 3. The maximum atomic E-state index is 12.9. The van der Waals surface area contributed by atoms with Crippen LogP contribution in [0, 0.1) is 11.8 Å². The summed E-state index contributed by atoms with van der Waals surface area (Å²) >= 11 is 0. The number of aliphatic hydroxyl groups is 1. The molecule has 1 aliphatic rings. The molecule has 0 spiro atoms. The molecule has 0 bridgehead atoms. The monoisotopic (exact) mass is 398 g/mol. The van der Waals surface area contributed by atoms with Crippen molar-refractivity contribution in [2.45, 2.75) is 77.6 Å². The Hall–Kier alpha value is -1.67. The minimum Gasteiger partial charge on any atom is -0.382 e. The van der Waals surface area contributed by atoms with Crippen molar-refractivity contribution in [1.82, 2.24) is 15.1 Å².